The van der Waals surface area contributed by atoms with Crippen LogP contribution in [-0.4, -0.2) is 32.4 Å². The van der Waals surface area contributed by atoms with E-state index in [4.69, 9.17) is 26.0 Å². The summed E-state index contributed by atoms with van der Waals surface area (Å²) in [5.41, 5.74) is 1.61. The minimum atomic E-state index is 0.264. The summed E-state index contributed by atoms with van der Waals surface area (Å²) >= 11 is 6.17. The zero-order valence-corrected chi connectivity index (χ0v) is 12.1. The maximum Gasteiger partial charge on any atom is 0.127 e. The Balaban J connectivity index is 2.35. The van der Waals surface area contributed by atoms with E-state index in [9.17, 15) is 0 Å². The van der Waals surface area contributed by atoms with Gasteiger partial charge in [0.15, 0.2) is 0 Å². The molecule has 0 aliphatic heterocycles. The first-order valence-corrected chi connectivity index (χ1v) is 6.48. The summed E-state index contributed by atoms with van der Waals surface area (Å²) in [7, 11) is 3.08. The lowest BCUT2D eigenvalue weighted by atomic mass is 10.1. The number of benzene rings is 1. The van der Waals surface area contributed by atoms with Crippen LogP contribution < -0.4 is 4.74 Å². The molecule has 0 atom stereocenters. The van der Waals surface area contributed by atoms with Crippen LogP contribution in [0.1, 0.15) is 5.56 Å². The molecule has 0 fully saturated rings. The van der Waals surface area contributed by atoms with Gasteiger partial charge in [0.25, 0.3) is 0 Å². The predicted octanol–water partition coefficient (Wildman–Crippen LogP) is 2.99. The maximum absolute atomic E-state index is 6.17. The molecule has 0 unspecified atom stereocenters. The number of rotatable bonds is 7. The molecule has 0 radical (unpaired) electrons. The summed E-state index contributed by atoms with van der Waals surface area (Å²) in [6.07, 6.45) is 1.66. The van der Waals surface area contributed by atoms with Crippen molar-refractivity contribution in [3.8, 4) is 5.75 Å². The molecule has 0 aliphatic rings. The van der Waals surface area contributed by atoms with Gasteiger partial charge in [0.05, 0.1) is 24.3 Å². The van der Waals surface area contributed by atoms with Gasteiger partial charge in [0.2, 0.25) is 0 Å². The summed E-state index contributed by atoms with van der Waals surface area (Å²) in [5, 5.41) is 1.49. The molecule has 20 heavy (non-hydrogen) atoms. The Hall–Kier alpha value is -1.40. The highest BCUT2D eigenvalue weighted by Gasteiger charge is 2.10. The fourth-order valence-electron chi connectivity index (χ4n) is 1.79. The molecule has 0 bridgehead atoms. The summed E-state index contributed by atoms with van der Waals surface area (Å²) in [6.45, 7) is 1.22. The van der Waals surface area contributed by atoms with Crippen molar-refractivity contribution in [3.05, 3.63) is 35.0 Å². The minimum absolute atomic E-state index is 0.264. The Kier molecular flexibility index (Phi) is 5.55. The van der Waals surface area contributed by atoms with E-state index in [2.05, 4.69) is 9.87 Å². The van der Waals surface area contributed by atoms with Gasteiger partial charge in [-0.2, -0.15) is 0 Å². The van der Waals surface area contributed by atoms with Gasteiger partial charge in [-0.25, -0.2) is 9.78 Å². The lowest BCUT2D eigenvalue weighted by Gasteiger charge is -2.12. The topological polar surface area (TPSA) is 49.8 Å². The minimum Gasteiger partial charge on any atom is -0.491 e. The van der Waals surface area contributed by atoms with Crippen LogP contribution in [0.15, 0.2) is 24.4 Å². The molecule has 5 nitrogen and oxygen atoms in total. The van der Waals surface area contributed by atoms with Crippen LogP contribution in [0.3, 0.4) is 0 Å². The first-order valence-electron chi connectivity index (χ1n) is 6.10. The zero-order chi connectivity index (χ0) is 14.4. The van der Waals surface area contributed by atoms with Gasteiger partial charge < -0.3 is 9.47 Å². The van der Waals surface area contributed by atoms with Crippen molar-refractivity contribution in [2.75, 3.05) is 27.4 Å². The highest BCUT2D eigenvalue weighted by molar-refractivity contribution is 6.35. The lowest BCUT2D eigenvalue weighted by Crippen LogP contribution is -2.06. The van der Waals surface area contributed by atoms with E-state index in [0.717, 1.165) is 16.5 Å². The first kappa shape index (κ1) is 15.0. The summed E-state index contributed by atoms with van der Waals surface area (Å²) in [5.74, 6) is 0.682. The zero-order valence-electron chi connectivity index (χ0n) is 11.4. The highest BCUT2D eigenvalue weighted by Crippen LogP contribution is 2.29. The molecule has 0 saturated heterocycles. The van der Waals surface area contributed by atoms with E-state index in [1.165, 1.54) is 7.11 Å². The van der Waals surface area contributed by atoms with E-state index >= 15 is 0 Å². The number of halogens is 1. The molecular formula is C14H16ClNO4. The number of fused-ring (bicyclic) bond motifs is 1. The number of methoxy groups -OCH3 is 1. The van der Waals surface area contributed by atoms with Crippen molar-refractivity contribution in [2.24, 2.45) is 0 Å². The number of aromatic nitrogens is 1. The van der Waals surface area contributed by atoms with Crippen LogP contribution in [0, 0.1) is 0 Å². The molecule has 1 heterocycles. The third-order valence-corrected chi connectivity index (χ3v) is 3.08. The second kappa shape index (κ2) is 7.40. The third kappa shape index (κ3) is 3.58. The second-order valence-corrected chi connectivity index (χ2v) is 4.45. The van der Waals surface area contributed by atoms with E-state index in [1.54, 1.807) is 19.4 Å². The third-order valence-electron chi connectivity index (χ3n) is 2.75. The highest BCUT2D eigenvalue weighted by atomic mass is 35.5. The molecule has 0 spiro atoms. The Labute approximate surface area is 122 Å². The average Bonchev–Trinajstić information content (AvgIpc) is 2.46. The Bertz CT molecular complexity index is 576. The summed E-state index contributed by atoms with van der Waals surface area (Å²) in [6, 6.07) is 5.48. The van der Waals surface area contributed by atoms with Gasteiger partial charge in [-0.05, 0) is 12.1 Å². The number of hydrogen-bond donors (Lipinski definition) is 0. The maximum atomic E-state index is 6.17. The smallest absolute Gasteiger partial charge is 0.127 e. The molecule has 2 rings (SSSR count). The van der Waals surface area contributed by atoms with E-state index in [0.29, 0.717) is 24.0 Å². The molecule has 0 saturated carbocycles. The number of pyridine rings is 1. The second-order valence-electron chi connectivity index (χ2n) is 4.04. The monoisotopic (exact) mass is 297 g/mol. The number of hydrogen-bond acceptors (Lipinski definition) is 5. The van der Waals surface area contributed by atoms with Crippen molar-refractivity contribution in [2.45, 2.75) is 6.61 Å². The molecule has 0 N–H and O–H groups in total. The lowest BCUT2D eigenvalue weighted by molar-refractivity contribution is -0.282. The van der Waals surface area contributed by atoms with Crippen molar-refractivity contribution in [3.63, 3.8) is 0 Å². The number of nitrogens with zero attached hydrogens (tertiary/aromatic N) is 1. The van der Waals surface area contributed by atoms with Crippen LogP contribution in [0.25, 0.3) is 10.9 Å². The normalized spacial score (nSPS) is 10.9. The average molecular weight is 298 g/mol. The van der Waals surface area contributed by atoms with Gasteiger partial charge in [-0.15, -0.1) is 0 Å². The molecule has 1 aromatic heterocycles. The van der Waals surface area contributed by atoms with Gasteiger partial charge in [-0.3, -0.25) is 4.98 Å². The SMILES string of the molecule is COCCOc1cc2nccc(Cl)c2cc1COOC. The van der Waals surface area contributed by atoms with E-state index < -0.39 is 0 Å². The van der Waals surface area contributed by atoms with Crippen molar-refractivity contribution in [1.82, 2.24) is 4.98 Å². The Morgan fingerprint density at radius 2 is 2.05 bits per heavy atom. The van der Waals surface area contributed by atoms with Crippen LogP contribution in [0.2, 0.25) is 5.02 Å². The van der Waals surface area contributed by atoms with Crippen LogP contribution in [0.5, 0.6) is 5.75 Å². The van der Waals surface area contributed by atoms with Gasteiger partial charge in [0, 0.05) is 30.3 Å². The molecule has 108 valence electrons. The van der Waals surface area contributed by atoms with Gasteiger partial charge in [0.1, 0.15) is 19.0 Å². The molecule has 0 amide bonds. The molecule has 1 aromatic carbocycles. The van der Waals surface area contributed by atoms with Crippen LogP contribution >= 0.6 is 11.6 Å². The van der Waals surface area contributed by atoms with E-state index in [-0.39, 0.29) is 6.61 Å². The Morgan fingerprint density at radius 1 is 1.20 bits per heavy atom. The standard InChI is InChI=1S/C14H16ClNO4/c1-17-5-6-19-14-8-13-11(12(15)3-4-16-13)7-10(14)9-20-18-2/h3-4,7-8H,5-6,9H2,1-2H3. The summed E-state index contributed by atoms with van der Waals surface area (Å²) in [4.78, 5) is 13.9. The van der Waals surface area contributed by atoms with Crippen molar-refractivity contribution >= 4 is 22.5 Å². The largest absolute Gasteiger partial charge is 0.491 e. The predicted molar refractivity (Wildman–Crippen MR) is 75.9 cm³/mol. The molecule has 6 heteroatoms. The quantitative estimate of drug-likeness (QED) is 0.447. The molecule has 0 aliphatic carbocycles. The van der Waals surface area contributed by atoms with Crippen molar-refractivity contribution < 1.29 is 19.2 Å². The molecule has 2 aromatic rings. The number of ether oxygens (including phenoxy) is 2. The fourth-order valence-corrected chi connectivity index (χ4v) is 2.00. The Morgan fingerprint density at radius 3 is 2.80 bits per heavy atom. The van der Waals surface area contributed by atoms with Crippen molar-refractivity contribution in [1.29, 1.82) is 0 Å². The fraction of sp³-hybridized carbons (Fsp3) is 0.357. The van der Waals surface area contributed by atoms with Crippen LogP contribution in [0.4, 0.5) is 0 Å². The summed E-state index contributed by atoms with van der Waals surface area (Å²) < 4.78 is 10.7. The van der Waals surface area contributed by atoms with E-state index in [1.807, 2.05) is 12.1 Å². The van der Waals surface area contributed by atoms with Gasteiger partial charge in [-0.1, -0.05) is 11.6 Å². The van der Waals surface area contributed by atoms with Gasteiger partial charge >= 0.3 is 0 Å². The van der Waals surface area contributed by atoms with Crippen LogP contribution in [-0.2, 0) is 21.1 Å². The molecular weight excluding hydrogens is 282 g/mol. The first-order chi connectivity index (χ1) is 9.76.